The second-order valence-electron chi connectivity index (χ2n) is 16.2. The summed E-state index contributed by atoms with van der Waals surface area (Å²) in [6, 6.07) is 65.3. The Labute approximate surface area is 370 Å². The van der Waals surface area contributed by atoms with Gasteiger partial charge in [-0.25, -0.2) is 15.0 Å². The average molecular weight is 825 g/mol. The number of ether oxygens (including phenoxy) is 1. The second kappa shape index (κ2) is 15.2. The third-order valence-electron chi connectivity index (χ3n) is 12.5. The molecule has 0 saturated carbocycles. The van der Waals surface area contributed by atoms with E-state index in [-0.39, 0.29) is 6.10 Å². The van der Waals surface area contributed by atoms with Gasteiger partial charge >= 0.3 is 0 Å². The van der Waals surface area contributed by atoms with Gasteiger partial charge in [0.05, 0.1) is 11.0 Å². The fourth-order valence-corrected chi connectivity index (χ4v) is 9.39. The van der Waals surface area contributed by atoms with Crippen LogP contribution >= 0.6 is 0 Å². The van der Waals surface area contributed by atoms with Crippen molar-refractivity contribution in [1.29, 1.82) is 0 Å². The van der Waals surface area contributed by atoms with Gasteiger partial charge in [-0.2, -0.15) is 0 Å². The third kappa shape index (κ3) is 6.22. The SMILES string of the molecule is C/C=C(\C=C1\c2c(cccc2-c2nc(-c3ccccc3)nc(-c3ccccc3)n2)OC1C)c1ccc2c(c1)c1ccccc1n2-c1ccc(-c2cccc3c2oc2ccccc23)cc1. The van der Waals surface area contributed by atoms with Crippen LogP contribution < -0.4 is 4.74 Å². The lowest BCUT2D eigenvalue weighted by Gasteiger charge is -2.13. The summed E-state index contributed by atoms with van der Waals surface area (Å²) in [4.78, 5) is 15.1. The zero-order valence-corrected chi connectivity index (χ0v) is 35.2. The quantitative estimate of drug-likeness (QED) is 0.160. The number of fused-ring (bicyclic) bond motifs is 7. The molecule has 1 atom stereocenters. The maximum Gasteiger partial charge on any atom is 0.164 e. The Hall–Kier alpha value is -8.35. The van der Waals surface area contributed by atoms with E-state index in [0.717, 1.165) is 94.5 Å². The van der Waals surface area contributed by atoms with Crippen molar-refractivity contribution in [3.8, 4) is 56.7 Å². The van der Waals surface area contributed by atoms with Gasteiger partial charge in [0, 0.05) is 60.6 Å². The molecule has 12 rings (SSSR count). The van der Waals surface area contributed by atoms with Crippen molar-refractivity contribution in [1.82, 2.24) is 19.5 Å². The highest BCUT2D eigenvalue weighted by atomic mass is 16.5. The summed E-state index contributed by atoms with van der Waals surface area (Å²) in [5.74, 6) is 2.66. The number of furan rings is 1. The van der Waals surface area contributed by atoms with Crippen molar-refractivity contribution in [2.75, 3.05) is 0 Å². The molecule has 1 unspecified atom stereocenters. The van der Waals surface area contributed by atoms with Crippen molar-refractivity contribution >= 4 is 54.9 Å². The molecule has 304 valence electrons. The molecule has 8 aromatic carbocycles. The van der Waals surface area contributed by atoms with Crippen LogP contribution in [-0.2, 0) is 0 Å². The Morgan fingerprint density at radius 3 is 1.91 bits per heavy atom. The Morgan fingerprint density at radius 1 is 0.531 bits per heavy atom. The fourth-order valence-electron chi connectivity index (χ4n) is 9.39. The lowest BCUT2D eigenvalue weighted by atomic mass is 9.93. The number of aromatic nitrogens is 4. The molecule has 0 fully saturated rings. The van der Waals surface area contributed by atoms with E-state index in [1.807, 2.05) is 84.9 Å². The van der Waals surface area contributed by atoms with Crippen LogP contribution in [0, 0.1) is 0 Å². The molecule has 6 nitrogen and oxygen atoms in total. The molecular weight excluding hydrogens is 785 g/mol. The van der Waals surface area contributed by atoms with Crippen LogP contribution in [0.15, 0.2) is 205 Å². The van der Waals surface area contributed by atoms with Crippen LogP contribution in [0.3, 0.4) is 0 Å². The molecule has 6 heteroatoms. The first kappa shape index (κ1) is 37.4. The smallest absolute Gasteiger partial charge is 0.164 e. The van der Waals surface area contributed by atoms with Gasteiger partial charge in [0.25, 0.3) is 0 Å². The largest absolute Gasteiger partial charge is 0.485 e. The van der Waals surface area contributed by atoms with Gasteiger partial charge in [0.15, 0.2) is 17.5 Å². The number of hydrogen-bond donors (Lipinski definition) is 0. The van der Waals surface area contributed by atoms with Crippen molar-refractivity contribution in [3.05, 3.63) is 211 Å². The first-order valence-corrected chi connectivity index (χ1v) is 21.7. The predicted molar refractivity (Wildman–Crippen MR) is 261 cm³/mol. The molecular formula is C58H40N4O2. The Bertz CT molecular complexity index is 3600. The summed E-state index contributed by atoms with van der Waals surface area (Å²) in [5.41, 5.74) is 14.4. The monoisotopic (exact) mass is 824 g/mol. The van der Waals surface area contributed by atoms with Crippen LogP contribution in [0.5, 0.6) is 5.75 Å². The topological polar surface area (TPSA) is 66.0 Å². The van der Waals surface area contributed by atoms with Gasteiger partial charge < -0.3 is 13.7 Å². The fraction of sp³-hybridized carbons (Fsp3) is 0.0517. The van der Waals surface area contributed by atoms with Crippen molar-refractivity contribution < 1.29 is 9.15 Å². The van der Waals surface area contributed by atoms with E-state index < -0.39 is 0 Å². The number of benzene rings is 8. The molecule has 3 aromatic heterocycles. The Kier molecular flexibility index (Phi) is 8.90. The number of para-hydroxylation sites is 3. The molecule has 0 aliphatic carbocycles. The van der Waals surface area contributed by atoms with E-state index in [9.17, 15) is 0 Å². The Balaban J connectivity index is 0.937. The molecule has 64 heavy (non-hydrogen) atoms. The molecule has 0 saturated heterocycles. The molecule has 4 heterocycles. The lowest BCUT2D eigenvalue weighted by Crippen LogP contribution is -2.06. The zero-order valence-electron chi connectivity index (χ0n) is 35.2. The molecule has 0 radical (unpaired) electrons. The number of rotatable bonds is 7. The molecule has 1 aliphatic heterocycles. The van der Waals surface area contributed by atoms with Gasteiger partial charge in [-0.1, -0.05) is 152 Å². The second-order valence-corrected chi connectivity index (χ2v) is 16.2. The summed E-state index contributed by atoms with van der Waals surface area (Å²) in [5, 5.41) is 4.64. The van der Waals surface area contributed by atoms with E-state index in [2.05, 4.69) is 134 Å². The van der Waals surface area contributed by atoms with Crippen LogP contribution in [0.25, 0.3) is 106 Å². The molecule has 0 N–H and O–H groups in total. The number of nitrogens with zero attached hydrogens (tertiary/aromatic N) is 4. The van der Waals surface area contributed by atoms with E-state index in [1.165, 1.54) is 10.8 Å². The standard InChI is InChI=1S/C58H40N4O2/c1-3-37(34-48-36(2)63-53-27-15-24-47(54(48)53)58-60-56(39-16-6-4-7-17-39)59-57(61-58)40-18-8-5-9-19-40)41-30-33-51-49(35-41)44-20-10-12-25-50(44)62(51)42-31-28-38(29-32-42)43-22-14-23-46-45-21-11-13-26-52(45)64-55(43)46/h3-36H,1-2H3/b37-3+,48-34+. The van der Waals surface area contributed by atoms with Gasteiger partial charge in [0.2, 0.25) is 0 Å². The molecule has 0 spiro atoms. The highest BCUT2D eigenvalue weighted by Gasteiger charge is 2.30. The minimum absolute atomic E-state index is 0.192. The maximum absolute atomic E-state index is 6.57. The summed E-state index contributed by atoms with van der Waals surface area (Å²) >= 11 is 0. The summed E-state index contributed by atoms with van der Waals surface area (Å²) in [6.45, 7) is 4.21. The van der Waals surface area contributed by atoms with Crippen molar-refractivity contribution in [3.63, 3.8) is 0 Å². The molecule has 0 amide bonds. The molecule has 0 bridgehead atoms. The third-order valence-corrected chi connectivity index (χ3v) is 12.5. The lowest BCUT2D eigenvalue weighted by molar-refractivity contribution is 0.297. The maximum atomic E-state index is 6.57. The van der Waals surface area contributed by atoms with E-state index in [4.69, 9.17) is 24.1 Å². The van der Waals surface area contributed by atoms with Gasteiger partial charge in [-0.15, -0.1) is 0 Å². The van der Waals surface area contributed by atoms with Crippen molar-refractivity contribution in [2.24, 2.45) is 0 Å². The minimum Gasteiger partial charge on any atom is -0.485 e. The highest BCUT2D eigenvalue weighted by molar-refractivity contribution is 6.11. The van der Waals surface area contributed by atoms with Crippen LogP contribution in [0.1, 0.15) is 25.0 Å². The van der Waals surface area contributed by atoms with E-state index >= 15 is 0 Å². The average Bonchev–Trinajstić information content (AvgIpc) is 4.02. The Morgan fingerprint density at radius 2 is 1.16 bits per heavy atom. The van der Waals surface area contributed by atoms with Crippen LogP contribution in [0.4, 0.5) is 0 Å². The van der Waals surface area contributed by atoms with Crippen LogP contribution in [0.2, 0.25) is 0 Å². The summed E-state index contributed by atoms with van der Waals surface area (Å²) in [7, 11) is 0. The van der Waals surface area contributed by atoms with Crippen LogP contribution in [-0.4, -0.2) is 25.6 Å². The normalized spacial score (nSPS) is 14.5. The summed E-state index contributed by atoms with van der Waals surface area (Å²) in [6.07, 6.45) is 4.27. The summed E-state index contributed by atoms with van der Waals surface area (Å²) < 4.78 is 15.3. The number of allylic oxidation sites excluding steroid dienone is 3. The van der Waals surface area contributed by atoms with E-state index in [1.54, 1.807) is 0 Å². The van der Waals surface area contributed by atoms with Crippen molar-refractivity contribution in [2.45, 2.75) is 20.0 Å². The minimum atomic E-state index is -0.192. The molecule has 11 aromatic rings. The van der Waals surface area contributed by atoms with Gasteiger partial charge in [-0.05, 0) is 79.1 Å². The molecule has 1 aliphatic rings. The first-order valence-electron chi connectivity index (χ1n) is 21.7. The zero-order chi connectivity index (χ0) is 42.7. The van der Waals surface area contributed by atoms with E-state index in [0.29, 0.717) is 17.5 Å². The van der Waals surface area contributed by atoms with Gasteiger partial charge in [0.1, 0.15) is 23.0 Å². The first-order chi connectivity index (χ1) is 31.6. The van der Waals surface area contributed by atoms with Gasteiger partial charge in [-0.3, -0.25) is 0 Å². The highest BCUT2D eigenvalue weighted by Crippen LogP contribution is 2.45. The predicted octanol–water partition coefficient (Wildman–Crippen LogP) is 14.8. The number of hydrogen-bond acceptors (Lipinski definition) is 5.